The highest BCUT2D eigenvalue weighted by Gasteiger charge is 2.25. The van der Waals surface area contributed by atoms with Gasteiger partial charge in [-0.3, -0.25) is 0 Å². The fraction of sp³-hybridized carbons (Fsp3) is 0.861. The van der Waals surface area contributed by atoms with Crippen molar-refractivity contribution in [1.29, 1.82) is 0 Å². The Labute approximate surface area is 244 Å². The predicted molar refractivity (Wildman–Crippen MR) is 171 cm³/mol. The second kappa shape index (κ2) is 29.9. The van der Waals surface area contributed by atoms with Gasteiger partial charge in [0.1, 0.15) is 0 Å². The van der Waals surface area contributed by atoms with E-state index < -0.39 is 12.1 Å². The van der Waals surface area contributed by atoms with E-state index in [9.17, 15) is 9.90 Å². The number of rotatable bonds is 29. The number of esters is 1. The maximum Gasteiger partial charge on any atom is 0.335 e. The summed E-state index contributed by atoms with van der Waals surface area (Å²) in [6.07, 6.45) is 37.8. The molecule has 0 saturated carbocycles. The van der Waals surface area contributed by atoms with E-state index in [4.69, 9.17) is 4.74 Å². The summed E-state index contributed by atoms with van der Waals surface area (Å²) in [5.41, 5.74) is 0. The van der Waals surface area contributed by atoms with E-state index in [1.807, 2.05) is 13.8 Å². The van der Waals surface area contributed by atoms with Crippen molar-refractivity contribution in [3.63, 3.8) is 0 Å². The van der Waals surface area contributed by atoms with Crippen molar-refractivity contribution in [2.24, 2.45) is 5.92 Å². The lowest BCUT2D eigenvalue weighted by atomic mass is 9.96. The molecular weight excluding hydrogens is 480 g/mol. The number of carbonyl (C=O) groups is 1. The van der Waals surface area contributed by atoms with E-state index in [1.165, 1.54) is 128 Å². The smallest absolute Gasteiger partial charge is 0.335 e. The molecule has 0 fully saturated rings. The number of hydrogen-bond donors (Lipinski definition) is 1. The van der Waals surface area contributed by atoms with Gasteiger partial charge in [-0.2, -0.15) is 0 Å². The van der Waals surface area contributed by atoms with E-state index in [-0.39, 0.29) is 12.0 Å². The zero-order chi connectivity index (χ0) is 28.8. The highest BCUT2D eigenvalue weighted by atomic mass is 16.6. The summed E-state index contributed by atoms with van der Waals surface area (Å²) in [5.74, 6) is -0.460. The number of aliphatic hydroxyl groups is 1. The minimum Gasteiger partial charge on any atom is -0.461 e. The average Bonchev–Trinajstić information content (AvgIpc) is 2.93. The highest BCUT2D eigenvalue weighted by molar-refractivity contribution is 5.74. The highest BCUT2D eigenvalue weighted by Crippen LogP contribution is 2.18. The molecular formula is C36H68O3. The molecule has 230 valence electrons. The molecule has 0 aromatic heterocycles. The van der Waals surface area contributed by atoms with Gasteiger partial charge in [0.25, 0.3) is 0 Å². The predicted octanol–water partition coefficient (Wildman–Crippen LogP) is 11.4. The Balaban J connectivity index is 3.61. The molecule has 0 aromatic rings. The van der Waals surface area contributed by atoms with Crippen LogP contribution in [0.2, 0.25) is 0 Å². The lowest BCUT2D eigenvalue weighted by Gasteiger charge is -2.20. The van der Waals surface area contributed by atoms with Crippen molar-refractivity contribution >= 4 is 5.97 Å². The molecule has 0 aromatic carbocycles. The van der Waals surface area contributed by atoms with Gasteiger partial charge in [0.05, 0.1) is 6.10 Å². The topological polar surface area (TPSA) is 46.5 Å². The Kier molecular flexibility index (Phi) is 29.0. The third-order valence-corrected chi connectivity index (χ3v) is 7.89. The average molecular weight is 549 g/mol. The lowest BCUT2D eigenvalue weighted by Crippen LogP contribution is -2.32. The van der Waals surface area contributed by atoms with Crippen LogP contribution in [0, 0.1) is 5.92 Å². The van der Waals surface area contributed by atoms with Crippen LogP contribution in [0.25, 0.3) is 0 Å². The second-order valence-electron chi connectivity index (χ2n) is 12.0. The normalized spacial score (nSPS) is 14.3. The first kappa shape index (κ1) is 37.9. The fourth-order valence-corrected chi connectivity index (χ4v) is 5.02. The summed E-state index contributed by atoms with van der Waals surface area (Å²) in [6.45, 7) is 8.43. The van der Waals surface area contributed by atoms with Crippen molar-refractivity contribution in [2.45, 2.75) is 194 Å². The molecule has 0 aliphatic carbocycles. The van der Waals surface area contributed by atoms with Crippen molar-refractivity contribution < 1.29 is 14.6 Å². The summed E-state index contributed by atoms with van der Waals surface area (Å²) < 4.78 is 5.56. The largest absolute Gasteiger partial charge is 0.461 e. The van der Waals surface area contributed by atoms with Crippen LogP contribution < -0.4 is 0 Å². The molecule has 1 N–H and O–H groups in total. The number of ether oxygens (including phenoxy) is 1. The Hall–Kier alpha value is -1.09. The molecule has 0 saturated heterocycles. The van der Waals surface area contributed by atoms with Crippen LogP contribution in [0.4, 0.5) is 0 Å². The SMILES string of the molecule is CCCCC=CCCCCCCCCCC(C)C(O)C(=O)O[C@H](C)CCCCCCCCCC=CCCCC. The van der Waals surface area contributed by atoms with Crippen molar-refractivity contribution in [3.05, 3.63) is 24.3 Å². The minimum atomic E-state index is -0.987. The molecule has 0 rings (SSSR count). The fourth-order valence-electron chi connectivity index (χ4n) is 5.02. The zero-order valence-electron chi connectivity index (χ0n) is 26.8. The second-order valence-corrected chi connectivity index (χ2v) is 12.0. The van der Waals surface area contributed by atoms with E-state index in [0.717, 1.165) is 25.7 Å². The van der Waals surface area contributed by atoms with Crippen LogP contribution in [-0.2, 0) is 9.53 Å². The van der Waals surface area contributed by atoms with Crippen LogP contribution >= 0.6 is 0 Å². The standard InChI is InChI=1S/C36H68O3/c1-5-7-9-11-13-15-17-19-21-23-25-27-29-31-33(3)35(37)36(38)39-34(4)32-30-28-26-24-22-20-18-16-14-12-10-8-6-2/h11-14,33-35,37H,5-10,15-32H2,1-4H3/t33?,34-,35?/m1/s1. The zero-order valence-corrected chi connectivity index (χ0v) is 26.8. The minimum absolute atomic E-state index is 0.0315. The molecule has 3 atom stereocenters. The summed E-state index contributed by atoms with van der Waals surface area (Å²) in [6, 6.07) is 0. The molecule has 0 amide bonds. The van der Waals surface area contributed by atoms with Crippen molar-refractivity contribution in [1.82, 2.24) is 0 Å². The molecule has 0 heterocycles. The van der Waals surface area contributed by atoms with Crippen LogP contribution in [0.3, 0.4) is 0 Å². The number of carbonyl (C=O) groups excluding carboxylic acids is 1. The third kappa shape index (κ3) is 26.9. The Bertz CT molecular complexity index is 568. The van der Waals surface area contributed by atoms with E-state index in [2.05, 4.69) is 38.2 Å². The molecule has 0 aliphatic heterocycles. The Morgan fingerprint density at radius 1 is 0.564 bits per heavy atom. The summed E-state index contributed by atoms with van der Waals surface area (Å²) >= 11 is 0. The monoisotopic (exact) mass is 549 g/mol. The summed E-state index contributed by atoms with van der Waals surface area (Å²) in [7, 11) is 0. The number of allylic oxidation sites excluding steroid dienone is 4. The first-order chi connectivity index (χ1) is 19.0. The van der Waals surface area contributed by atoms with Crippen LogP contribution in [0.15, 0.2) is 24.3 Å². The number of hydrogen-bond acceptors (Lipinski definition) is 3. The molecule has 0 spiro atoms. The van der Waals surface area contributed by atoms with E-state index in [1.54, 1.807) is 0 Å². The van der Waals surface area contributed by atoms with Crippen LogP contribution in [0.1, 0.15) is 182 Å². The molecule has 2 unspecified atom stereocenters. The van der Waals surface area contributed by atoms with Gasteiger partial charge in [-0.15, -0.1) is 0 Å². The van der Waals surface area contributed by atoms with Gasteiger partial charge in [-0.25, -0.2) is 4.79 Å². The van der Waals surface area contributed by atoms with Gasteiger partial charge in [-0.05, 0) is 70.6 Å². The maximum absolute atomic E-state index is 12.4. The first-order valence-electron chi connectivity index (χ1n) is 17.2. The summed E-state index contributed by atoms with van der Waals surface area (Å²) in [4.78, 5) is 12.4. The van der Waals surface area contributed by atoms with Crippen LogP contribution in [-0.4, -0.2) is 23.3 Å². The van der Waals surface area contributed by atoms with Gasteiger partial charge in [-0.1, -0.05) is 141 Å². The molecule has 0 bridgehead atoms. The van der Waals surface area contributed by atoms with E-state index in [0.29, 0.717) is 0 Å². The maximum atomic E-state index is 12.4. The number of unbranched alkanes of at least 4 members (excludes halogenated alkanes) is 18. The lowest BCUT2D eigenvalue weighted by molar-refractivity contribution is -0.161. The molecule has 0 aliphatic rings. The number of aliphatic hydroxyl groups excluding tert-OH is 1. The van der Waals surface area contributed by atoms with Crippen LogP contribution in [0.5, 0.6) is 0 Å². The Morgan fingerprint density at radius 2 is 0.923 bits per heavy atom. The van der Waals surface area contributed by atoms with Gasteiger partial charge in [0.2, 0.25) is 0 Å². The third-order valence-electron chi connectivity index (χ3n) is 7.89. The molecule has 0 radical (unpaired) electrons. The molecule has 39 heavy (non-hydrogen) atoms. The Morgan fingerprint density at radius 3 is 1.36 bits per heavy atom. The summed E-state index contributed by atoms with van der Waals surface area (Å²) in [5, 5.41) is 10.4. The molecule has 3 heteroatoms. The van der Waals surface area contributed by atoms with Gasteiger partial charge < -0.3 is 9.84 Å². The van der Waals surface area contributed by atoms with Gasteiger partial charge >= 0.3 is 5.97 Å². The quantitative estimate of drug-likeness (QED) is 0.0574. The van der Waals surface area contributed by atoms with Crippen molar-refractivity contribution in [2.75, 3.05) is 0 Å². The van der Waals surface area contributed by atoms with Crippen molar-refractivity contribution in [3.8, 4) is 0 Å². The van der Waals surface area contributed by atoms with Gasteiger partial charge in [0.15, 0.2) is 6.10 Å². The van der Waals surface area contributed by atoms with Gasteiger partial charge in [0, 0.05) is 0 Å². The molecule has 3 nitrogen and oxygen atoms in total. The van der Waals surface area contributed by atoms with E-state index >= 15 is 0 Å². The first-order valence-corrected chi connectivity index (χ1v) is 17.2.